The molecule has 3 aromatic rings. The fourth-order valence-electron chi connectivity index (χ4n) is 4.04. The molecule has 3 aromatic carbocycles. The number of carbonyl (C=O) groups is 6. The molecule has 0 aliphatic carbocycles. The van der Waals surface area contributed by atoms with Gasteiger partial charge in [-0.1, -0.05) is 86.7 Å². The smallest absolute Gasteiger partial charge is 0.354 e. The number of carbonyl (C=O) groups excluding carboxylic acids is 6. The number of ether oxygens (including phenoxy) is 3. The van der Waals surface area contributed by atoms with Gasteiger partial charge < -0.3 is 30.2 Å². The number of benzene rings is 3. The fourth-order valence-corrected chi connectivity index (χ4v) is 4.04. The SMILES string of the molecule is C=C/C=C(\NC(=O)c1ccccc1)C(=O)OC.C=CC[C@H](NC(=O)c1ccccc1)C(=O)OC.CCC[C@H](NC(=O)c1ccccc1)C(=O)OC. The quantitative estimate of drug-likeness (QED) is 0.0694. The summed E-state index contributed by atoms with van der Waals surface area (Å²) >= 11 is 0. The summed E-state index contributed by atoms with van der Waals surface area (Å²) in [7, 11) is 3.85. The van der Waals surface area contributed by atoms with E-state index in [1.54, 1.807) is 84.9 Å². The average Bonchev–Trinajstić information content (AvgIpc) is 3.17. The van der Waals surface area contributed by atoms with E-state index in [1.165, 1.54) is 33.5 Å². The second-order valence-corrected chi connectivity index (χ2v) is 10.3. The van der Waals surface area contributed by atoms with Crippen LogP contribution in [0.15, 0.2) is 128 Å². The van der Waals surface area contributed by atoms with Crippen LogP contribution in [0.5, 0.6) is 0 Å². The molecule has 0 unspecified atom stereocenters. The third-order valence-corrected chi connectivity index (χ3v) is 6.61. The standard InChI is InChI=1S/C13H17NO3.C13H15NO3.C13H13NO3/c3*1-3-7-11(13(16)17-2)14-12(15)10-8-5-4-6-9-10/h4-6,8-9,11H,3,7H2,1-2H3,(H,14,15);3-6,8-9,11H,1,7H2,2H3,(H,14,15);3-9H,1H2,2H3,(H,14,15)/b;;11-7-/t2*11-;/m00./s1. The van der Waals surface area contributed by atoms with Gasteiger partial charge in [-0.15, -0.1) is 6.58 Å². The molecular formula is C39H45N3O9. The minimum absolute atomic E-state index is 0.0522. The lowest BCUT2D eigenvalue weighted by Gasteiger charge is -2.15. The predicted molar refractivity (Wildman–Crippen MR) is 193 cm³/mol. The maximum atomic E-state index is 11.8. The van der Waals surface area contributed by atoms with Crippen LogP contribution in [0.3, 0.4) is 0 Å². The Labute approximate surface area is 298 Å². The van der Waals surface area contributed by atoms with Gasteiger partial charge in [-0.05, 0) is 55.3 Å². The molecular weight excluding hydrogens is 654 g/mol. The van der Waals surface area contributed by atoms with Crippen LogP contribution in [0, 0.1) is 0 Å². The highest BCUT2D eigenvalue weighted by molar-refractivity contribution is 6.01. The van der Waals surface area contributed by atoms with Crippen LogP contribution in [0.25, 0.3) is 0 Å². The van der Waals surface area contributed by atoms with Crippen LogP contribution >= 0.6 is 0 Å². The van der Waals surface area contributed by atoms with E-state index in [4.69, 9.17) is 0 Å². The average molecular weight is 700 g/mol. The highest BCUT2D eigenvalue weighted by Gasteiger charge is 2.21. The van der Waals surface area contributed by atoms with Crippen molar-refractivity contribution in [1.82, 2.24) is 16.0 Å². The molecule has 3 rings (SSSR count). The van der Waals surface area contributed by atoms with Crippen molar-refractivity contribution in [3.05, 3.63) is 145 Å². The number of amides is 3. The van der Waals surface area contributed by atoms with Crippen molar-refractivity contribution in [2.24, 2.45) is 0 Å². The van der Waals surface area contributed by atoms with Gasteiger partial charge in [-0.3, -0.25) is 14.4 Å². The lowest BCUT2D eigenvalue weighted by atomic mass is 10.1. The lowest BCUT2D eigenvalue weighted by Crippen LogP contribution is -2.41. The summed E-state index contributed by atoms with van der Waals surface area (Å²) in [5.74, 6) is -2.43. The molecule has 0 spiro atoms. The Morgan fingerprint density at radius 2 is 1.04 bits per heavy atom. The van der Waals surface area contributed by atoms with Crippen molar-refractivity contribution in [3.63, 3.8) is 0 Å². The zero-order chi connectivity index (χ0) is 38.0. The molecule has 12 nitrogen and oxygen atoms in total. The molecule has 12 heteroatoms. The van der Waals surface area contributed by atoms with Gasteiger partial charge in [0, 0.05) is 16.7 Å². The second-order valence-electron chi connectivity index (χ2n) is 10.3. The number of allylic oxidation sites excluding steroid dienone is 2. The molecule has 2 atom stereocenters. The van der Waals surface area contributed by atoms with E-state index in [0.29, 0.717) is 29.5 Å². The Balaban J connectivity index is 0.000000382. The van der Waals surface area contributed by atoms with E-state index in [9.17, 15) is 28.8 Å². The van der Waals surface area contributed by atoms with Crippen molar-refractivity contribution in [2.45, 2.75) is 38.3 Å². The number of hydrogen-bond donors (Lipinski definition) is 3. The maximum Gasteiger partial charge on any atom is 0.354 e. The van der Waals surface area contributed by atoms with Crippen molar-refractivity contribution in [2.75, 3.05) is 21.3 Å². The van der Waals surface area contributed by atoms with Crippen molar-refractivity contribution in [3.8, 4) is 0 Å². The number of hydrogen-bond acceptors (Lipinski definition) is 9. The highest BCUT2D eigenvalue weighted by atomic mass is 16.5. The van der Waals surface area contributed by atoms with Crippen molar-refractivity contribution < 1.29 is 43.0 Å². The van der Waals surface area contributed by atoms with E-state index < -0.39 is 30.0 Å². The molecule has 0 bridgehead atoms. The Morgan fingerprint density at radius 1 is 0.627 bits per heavy atom. The number of rotatable bonds is 14. The van der Waals surface area contributed by atoms with Gasteiger partial charge in [0.25, 0.3) is 17.7 Å². The first-order valence-corrected chi connectivity index (χ1v) is 15.8. The third-order valence-electron chi connectivity index (χ3n) is 6.61. The van der Waals surface area contributed by atoms with Gasteiger partial charge in [-0.2, -0.15) is 0 Å². The van der Waals surface area contributed by atoms with Gasteiger partial charge >= 0.3 is 17.9 Å². The van der Waals surface area contributed by atoms with Gasteiger partial charge in [0.05, 0.1) is 21.3 Å². The van der Waals surface area contributed by atoms with Gasteiger partial charge in [-0.25, -0.2) is 14.4 Å². The summed E-state index contributed by atoms with van der Waals surface area (Å²) in [6, 6.07) is 24.8. The van der Waals surface area contributed by atoms with Gasteiger partial charge in [0.15, 0.2) is 0 Å². The molecule has 3 N–H and O–H groups in total. The van der Waals surface area contributed by atoms with E-state index in [-0.39, 0.29) is 23.4 Å². The number of nitrogens with one attached hydrogen (secondary N) is 3. The molecule has 0 saturated carbocycles. The Morgan fingerprint density at radius 3 is 1.41 bits per heavy atom. The molecule has 0 aliphatic rings. The van der Waals surface area contributed by atoms with E-state index in [1.807, 2.05) is 19.1 Å². The molecule has 0 aliphatic heterocycles. The second kappa shape index (κ2) is 24.8. The van der Waals surface area contributed by atoms with Crippen LogP contribution in [0.4, 0.5) is 0 Å². The first-order chi connectivity index (χ1) is 24.6. The largest absolute Gasteiger partial charge is 0.467 e. The number of methoxy groups -OCH3 is 3. The predicted octanol–water partition coefficient (Wildman–Crippen LogP) is 4.95. The summed E-state index contributed by atoms with van der Waals surface area (Å²) in [6.07, 6.45) is 6.06. The zero-order valence-electron chi connectivity index (χ0n) is 29.3. The maximum absolute atomic E-state index is 11.8. The van der Waals surface area contributed by atoms with Crippen molar-refractivity contribution >= 4 is 35.6 Å². The first-order valence-electron chi connectivity index (χ1n) is 15.8. The molecule has 0 saturated heterocycles. The summed E-state index contributed by atoms with van der Waals surface area (Å²) in [5.41, 5.74) is 1.56. The minimum Gasteiger partial charge on any atom is -0.467 e. The van der Waals surface area contributed by atoms with Crippen LogP contribution in [-0.4, -0.2) is 69.0 Å². The molecule has 0 fully saturated rings. The minimum atomic E-state index is -0.690. The lowest BCUT2D eigenvalue weighted by molar-refractivity contribution is -0.143. The zero-order valence-corrected chi connectivity index (χ0v) is 29.3. The summed E-state index contributed by atoms with van der Waals surface area (Å²) in [5, 5.41) is 7.73. The van der Waals surface area contributed by atoms with E-state index >= 15 is 0 Å². The third kappa shape index (κ3) is 16.1. The van der Waals surface area contributed by atoms with Crippen LogP contribution in [0.2, 0.25) is 0 Å². The van der Waals surface area contributed by atoms with Crippen LogP contribution < -0.4 is 16.0 Å². The molecule has 0 heterocycles. The first kappa shape index (κ1) is 42.7. The number of esters is 3. The van der Waals surface area contributed by atoms with E-state index in [2.05, 4.69) is 43.3 Å². The van der Waals surface area contributed by atoms with E-state index in [0.717, 1.165) is 6.42 Å². The summed E-state index contributed by atoms with van der Waals surface area (Å²) in [6.45, 7) is 8.95. The summed E-state index contributed by atoms with van der Waals surface area (Å²) < 4.78 is 13.8. The summed E-state index contributed by atoms with van der Waals surface area (Å²) in [4.78, 5) is 69.5. The fraction of sp³-hybridized carbons (Fsp3) is 0.231. The van der Waals surface area contributed by atoms with Crippen LogP contribution in [0.1, 0.15) is 57.3 Å². The van der Waals surface area contributed by atoms with Gasteiger partial charge in [0.2, 0.25) is 0 Å². The van der Waals surface area contributed by atoms with Crippen LogP contribution in [-0.2, 0) is 28.6 Å². The molecule has 0 radical (unpaired) electrons. The Bertz CT molecular complexity index is 1610. The molecule has 3 amide bonds. The highest BCUT2D eigenvalue weighted by Crippen LogP contribution is 2.05. The molecule has 0 aromatic heterocycles. The molecule has 51 heavy (non-hydrogen) atoms. The van der Waals surface area contributed by atoms with Gasteiger partial charge in [0.1, 0.15) is 17.8 Å². The normalized spacial score (nSPS) is 11.2. The Kier molecular flexibility index (Phi) is 20.8. The Hall–Kier alpha value is -6.30. The topological polar surface area (TPSA) is 166 Å². The van der Waals surface area contributed by atoms with Crippen molar-refractivity contribution in [1.29, 1.82) is 0 Å². The molecule has 270 valence electrons. The monoisotopic (exact) mass is 699 g/mol.